The quantitative estimate of drug-likeness (QED) is 0.624. The van der Waals surface area contributed by atoms with Gasteiger partial charge in [-0.3, -0.25) is 4.98 Å². The van der Waals surface area contributed by atoms with Crippen molar-refractivity contribution in [2.24, 2.45) is 0 Å². The van der Waals surface area contributed by atoms with E-state index in [2.05, 4.69) is 4.98 Å². The van der Waals surface area contributed by atoms with E-state index in [4.69, 9.17) is 16.9 Å². The highest BCUT2D eigenvalue weighted by atomic mass is 35.5. The van der Waals surface area contributed by atoms with Gasteiger partial charge in [0.1, 0.15) is 0 Å². The minimum absolute atomic E-state index is 0.137. The third-order valence-corrected chi connectivity index (χ3v) is 2.47. The molecular formula is C10H6ClF5N2. The molecule has 2 nitrogen and oxygen atoms in total. The zero-order chi connectivity index (χ0) is 13.9. The number of pyridine rings is 1. The van der Waals surface area contributed by atoms with Crippen LogP contribution in [0.15, 0.2) is 6.20 Å². The number of hydrogen-bond acceptors (Lipinski definition) is 2. The van der Waals surface area contributed by atoms with Gasteiger partial charge in [0.2, 0.25) is 0 Å². The number of halogens is 6. The molecule has 1 aromatic rings. The Hall–Kier alpha value is -1.42. The Morgan fingerprint density at radius 2 is 2.00 bits per heavy atom. The summed E-state index contributed by atoms with van der Waals surface area (Å²) >= 11 is 5.41. The Kier molecular flexibility index (Phi) is 4.46. The van der Waals surface area contributed by atoms with Crippen LogP contribution in [0.1, 0.15) is 28.8 Å². The van der Waals surface area contributed by atoms with Gasteiger partial charge in [0.15, 0.2) is 0 Å². The van der Waals surface area contributed by atoms with Crippen molar-refractivity contribution in [3.8, 4) is 6.07 Å². The Labute approximate surface area is 104 Å². The largest absolute Gasteiger partial charge is 0.418 e. The van der Waals surface area contributed by atoms with Crippen LogP contribution >= 0.6 is 11.6 Å². The topological polar surface area (TPSA) is 36.7 Å². The maximum atomic E-state index is 12.8. The minimum atomic E-state index is -4.95. The summed E-state index contributed by atoms with van der Waals surface area (Å²) < 4.78 is 63.3. The lowest BCUT2D eigenvalue weighted by atomic mass is 9.99. The molecule has 98 valence electrons. The molecule has 0 fully saturated rings. The van der Waals surface area contributed by atoms with Crippen molar-refractivity contribution in [1.29, 1.82) is 5.26 Å². The molecule has 0 amide bonds. The Balaban J connectivity index is 3.58. The molecule has 0 spiro atoms. The molecule has 1 aromatic heterocycles. The Morgan fingerprint density at radius 1 is 1.39 bits per heavy atom. The summed E-state index contributed by atoms with van der Waals surface area (Å²) in [6, 6.07) is 1.53. The third kappa shape index (κ3) is 2.88. The first-order chi connectivity index (χ1) is 8.32. The fourth-order valence-corrected chi connectivity index (χ4v) is 1.70. The molecule has 0 aliphatic heterocycles. The predicted octanol–water partition coefficient (Wildman–Crippen LogP) is 3.84. The molecule has 0 aliphatic carbocycles. The van der Waals surface area contributed by atoms with Gasteiger partial charge in [-0.05, 0) is 5.56 Å². The van der Waals surface area contributed by atoms with E-state index >= 15 is 0 Å². The van der Waals surface area contributed by atoms with Crippen molar-refractivity contribution in [2.75, 3.05) is 0 Å². The van der Waals surface area contributed by atoms with Crippen LogP contribution in [0.2, 0.25) is 0 Å². The summed E-state index contributed by atoms with van der Waals surface area (Å²) in [5.74, 6) is -0.338. The average Bonchev–Trinajstić information content (AvgIpc) is 2.27. The summed E-state index contributed by atoms with van der Waals surface area (Å²) in [4.78, 5) is 3.39. The van der Waals surface area contributed by atoms with E-state index in [9.17, 15) is 22.0 Å². The van der Waals surface area contributed by atoms with Crippen LogP contribution in [-0.4, -0.2) is 4.98 Å². The molecule has 1 heterocycles. The number of rotatable bonds is 3. The number of hydrogen-bond donors (Lipinski definition) is 0. The third-order valence-electron chi connectivity index (χ3n) is 2.22. The smallest absolute Gasteiger partial charge is 0.259 e. The van der Waals surface area contributed by atoms with Gasteiger partial charge >= 0.3 is 6.18 Å². The summed E-state index contributed by atoms with van der Waals surface area (Å²) in [6.45, 7) is 0. The van der Waals surface area contributed by atoms with Crippen molar-refractivity contribution in [2.45, 2.75) is 24.9 Å². The Morgan fingerprint density at radius 3 is 2.39 bits per heavy atom. The molecule has 0 radical (unpaired) electrons. The lowest BCUT2D eigenvalue weighted by molar-refractivity contribution is -0.139. The van der Waals surface area contributed by atoms with Crippen molar-refractivity contribution in [3.63, 3.8) is 0 Å². The standard InChI is InChI=1S/C10H6ClF5N2/c11-3-7-5(1-2-17)8(9(12)13)6(4-18-7)10(14,15)16/h4,9H,1,3H2. The SMILES string of the molecule is N#CCc1c(CCl)ncc(C(F)(F)F)c1C(F)F. The highest BCUT2D eigenvalue weighted by Gasteiger charge is 2.38. The zero-order valence-corrected chi connectivity index (χ0v) is 9.49. The molecule has 0 saturated carbocycles. The van der Waals surface area contributed by atoms with Gasteiger partial charge in [0, 0.05) is 11.8 Å². The van der Waals surface area contributed by atoms with Crippen molar-refractivity contribution in [3.05, 3.63) is 28.6 Å². The van der Waals surface area contributed by atoms with Crippen molar-refractivity contribution >= 4 is 11.6 Å². The molecule has 0 aromatic carbocycles. The molecule has 0 aliphatic rings. The lowest BCUT2D eigenvalue weighted by Crippen LogP contribution is -2.14. The summed E-state index contributed by atoms with van der Waals surface area (Å²) in [5.41, 5.74) is -3.33. The highest BCUT2D eigenvalue weighted by Crippen LogP contribution is 2.38. The van der Waals surface area contributed by atoms with E-state index in [-0.39, 0.29) is 11.6 Å². The van der Waals surface area contributed by atoms with Crippen LogP contribution in [0.25, 0.3) is 0 Å². The molecule has 8 heteroatoms. The Bertz CT molecular complexity index is 478. The second kappa shape index (κ2) is 5.48. The minimum Gasteiger partial charge on any atom is -0.259 e. The molecule has 18 heavy (non-hydrogen) atoms. The van der Waals surface area contributed by atoms with Gasteiger partial charge in [-0.25, -0.2) is 8.78 Å². The molecule has 0 atom stereocenters. The summed E-state index contributed by atoms with van der Waals surface area (Å²) in [5, 5.41) is 8.49. The second-order valence-electron chi connectivity index (χ2n) is 3.28. The van der Waals surface area contributed by atoms with Crippen LogP contribution in [0.4, 0.5) is 22.0 Å². The van der Waals surface area contributed by atoms with Crippen LogP contribution in [-0.2, 0) is 18.5 Å². The summed E-state index contributed by atoms with van der Waals surface area (Å²) in [6.07, 6.45) is -8.58. The number of nitriles is 1. The monoisotopic (exact) mass is 284 g/mol. The van der Waals surface area contributed by atoms with Gasteiger partial charge in [-0.2, -0.15) is 18.4 Å². The van der Waals surface area contributed by atoms with Gasteiger partial charge in [0.25, 0.3) is 6.43 Å². The van der Waals surface area contributed by atoms with Gasteiger partial charge in [0.05, 0.1) is 29.6 Å². The molecule has 0 unspecified atom stereocenters. The highest BCUT2D eigenvalue weighted by molar-refractivity contribution is 6.17. The van der Waals surface area contributed by atoms with E-state index < -0.39 is 35.7 Å². The van der Waals surface area contributed by atoms with E-state index in [1.165, 1.54) is 6.07 Å². The van der Waals surface area contributed by atoms with Crippen LogP contribution in [0.5, 0.6) is 0 Å². The first kappa shape index (κ1) is 14.6. The normalized spacial score (nSPS) is 11.7. The average molecular weight is 285 g/mol. The van der Waals surface area contributed by atoms with Crippen molar-refractivity contribution in [1.82, 2.24) is 4.98 Å². The van der Waals surface area contributed by atoms with Crippen LogP contribution in [0, 0.1) is 11.3 Å². The predicted molar refractivity (Wildman–Crippen MR) is 53.1 cm³/mol. The fourth-order valence-electron chi connectivity index (χ4n) is 1.47. The first-order valence-electron chi connectivity index (χ1n) is 4.61. The maximum Gasteiger partial charge on any atom is 0.418 e. The zero-order valence-electron chi connectivity index (χ0n) is 8.73. The number of aromatic nitrogens is 1. The molecule has 0 N–H and O–H groups in total. The van der Waals surface area contributed by atoms with E-state index in [0.29, 0.717) is 6.20 Å². The van der Waals surface area contributed by atoms with Gasteiger partial charge in [-0.15, -0.1) is 11.6 Å². The molecule has 1 rings (SSSR count). The number of alkyl halides is 6. The maximum absolute atomic E-state index is 12.8. The van der Waals surface area contributed by atoms with Gasteiger partial charge < -0.3 is 0 Å². The molecule has 0 bridgehead atoms. The van der Waals surface area contributed by atoms with Crippen LogP contribution in [0.3, 0.4) is 0 Å². The first-order valence-corrected chi connectivity index (χ1v) is 5.15. The summed E-state index contributed by atoms with van der Waals surface area (Å²) in [7, 11) is 0. The van der Waals surface area contributed by atoms with Gasteiger partial charge in [-0.1, -0.05) is 0 Å². The fraction of sp³-hybridized carbons (Fsp3) is 0.400. The lowest BCUT2D eigenvalue weighted by Gasteiger charge is -2.16. The molecule has 0 saturated heterocycles. The molecular weight excluding hydrogens is 279 g/mol. The van der Waals surface area contributed by atoms with Crippen LogP contribution < -0.4 is 0 Å². The van der Waals surface area contributed by atoms with E-state index in [0.717, 1.165) is 0 Å². The van der Waals surface area contributed by atoms with E-state index in [1.807, 2.05) is 0 Å². The van der Waals surface area contributed by atoms with Crippen molar-refractivity contribution < 1.29 is 22.0 Å². The van der Waals surface area contributed by atoms with E-state index in [1.54, 1.807) is 0 Å². The number of nitrogens with zero attached hydrogens (tertiary/aromatic N) is 2. The second-order valence-corrected chi connectivity index (χ2v) is 3.55.